The molecule has 0 atom stereocenters. The fraction of sp³-hybridized carbons (Fsp3) is 0.412. The molecule has 0 aromatic carbocycles. The summed E-state index contributed by atoms with van der Waals surface area (Å²) >= 11 is 1.52. The van der Waals surface area contributed by atoms with Crippen molar-refractivity contribution in [1.82, 2.24) is 19.4 Å². The molecule has 0 radical (unpaired) electrons. The molecule has 0 unspecified atom stereocenters. The lowest BCUT2D eigenvalue weighted by atomic mass is 9.97. The van der Waals surface area contributed by atoms with Gasteiger partial charge in [0.05, 0.1) is 10.3 Å². The summed E-state index contributed by atoms with van der Waals surface area (Å²) in [5.41, 5.74) is 2.64. The molecule has 0 spiro atoms. The first-order valence-corrected chi connectivity index (χ1v) is 9.64. The Morgan fingerprint density at radius 1 is 1.29 bits per heavy atom. The summed E-state index contributed by atoms with van der Waals surface area (Å²) in [5, 5.41) is 15.8. The minimum Gasteiger partial charge on any atom is -0.267 e. The molecule has 0 saturated heterocycles. The first-order valence-electron chi connectivity index (χ1n) is 8.82. The largest absolute Gasteiger partial charge is 0.322 e. The minimum absolute atomic E-state index is 0.127. The quantitative estimate of drug-likeness (QED) is 0.527. The van der Waals surface area contributed by atoms with E-state index in [2.05, 4.69) is 15.5 Å². The number of nitrogens with one attached hydrogen (secondary N) is 1. The summed E-state index contributed by atoms with van der Waals surface area (Å²) in [7, 11) is 1.45. The highest BCUT2D eigenvalue weighted by molar-refractivity contribution is 7.18. The van der Waals surface area contributed by atoms with Gasteiger partial charge in [-0.15, -0.1) is 11.3 Å². The summed E-state index contributed by atoms with van der Waals surface area (Å²) in [4.78, 5) is 42.9. The van der Waals surface area contributed by atoms with Crippen LogP contribution in [0.5, 0.6) is 0 Å². The zero-order chi connectivity index (χ0) is 20.2. The number of carbonyl (C=O) groups excluding carboxylic acids is 1. The van der Waals surface area contributed by atoms with Crippen molar-refractivity contribution < 1.29 is 9.72 Å². The predicted octanol–water partition coefficient (Wildman–Crippen LogP) is 1.98. The first kappa shape index (κ1) is 18.3. The third-order valence-corrected chi connectivity index (χ3v) is 6.14. The van der Waals surface area contributed by atoms with Crippen LogP contribution in [0.4, 0.5) is 5.69 Å². The number of hydrogen-bond donors (Lipinski definition) is 1. The van der Waals surface area contributed by atoms with E-state index < -0.39 is 10.8 Å². The molecular weight excluding hydrogens is 384 g/mol. The highest BCUT2D eigenvalue weighted by Gasteiger charge is 2.30. The number of hydrogen-bond acceptors (Lipinski definition) is 7. The molecule has 3 heterocycles. The maximum Gasteiger partial charge on any atom is 0.322 e. The van der Waals surface area contributed by atoms with Gasteiger partial charge >= 0.3 is 5.69 Å². The van der Waals surface area contributed by atoms with E-state index in [-0.39, 0.29) is 22.6 Å². The summed E-state index contributed by atoms with van der Waals surface area (Å²) in [6, 6.07) is 0. The van der Waals surface area contributed by atoms with Crippen LogP contribution in [0.3, 0.4) is 0 Å². The van der Waals surface area contributed by atoms with Crippen molar-refractivity contribution in [2.45, 2.75) is 39.5 Å². The van der Waals surface area contributed by atoms with E-state index >= 15 is 0 Å². The SMILES string of the molecule is Cc1nn(C)c(C(=O)Nn2c(C)nc3sc4c(c3c2=O)CCCC4)c1[N+](=O)[O-]. The van der Waals surface area contributed by atoms with Gasteiger partial charge in [-0.25, -0.2) is 9.66 Å². The molecule has 0 bridgehead atoms. The molecule has 1 aliphatic carbocycles. The molecule has 4 rings (SSSR count). The number of carbonyl (C=O) groups is 1. The van der Waals surface area contributed by atoms with Crippen LogP contribution in [0.15, 0.2) is 4.79 Å². The van der Waals surface area contributed by atoms with Crippen LogP contribution in [-0.2, 0) is 19.9 Å². The van der Waals surface area contributed by atoms with Crippen LogP contribution in [-0.4, -0.2) is 30.3 Å². The van der Waals surface area contributed by atoms with Crippen LogP contribution < -0.4 is 11.0 Å². The van der Waals surface area contributed by atoms with Crippen molar-refractivity contribution in [1.29, 1.82) is 0 Å². The standard InChI is InChI=1S/C17H18N6O4S/c1-8-13(23(26)27)14(21(3)19-8)15(24)20-22-9(2)18-16-12(17(22)25)10-6-4-5-7-11(10)28-16/h4-7H2,1-3H3,(H,20,24). The molecular formula is C17H18N6O4S. The van der Waals surface area contributed by atoms with Gasteiger partial charge in [0.25, 0.3) is 11.5 Å². The average molecular weight is 402 g/mol. The van der Waals surface area contributed by atoms with Gasteiger partial charge in [0, 0.05) is 11.9 Å². The van der Waals surface area contributed by atoms with Crippen molar-refractivity contribution in [3.63, 3.8) is 0 Å². The Hall–Kier alpha value is -3.08. The second-order valence-corrected chi connectivity index (χ2v) is 7.88. The smallest absolute Gasteiger partial charge is 0.267 e. The van der Waals surface area contributed by atoms with Gasteiger partial charge in [-0.2, -0.15) is 5.10 Å². The lowest BCUT2D eigenvalue weighted by Gasteiger charge is -2.12. The zero-order valence-corrected chi connectivity index (χ0v) is 16.4. The van der Waals surface area contributed by atoms with Gasteiger partial charge in [-0.1, -0.05) is 0 Å². The third kappa shape index (κ3) is 2.70. The molecule has 1 N–H and O–H groups in total. The number of fused-ring (bicyclic) bond motifs is 3. The summed E-state index contributed by atoms with van der Waals surface area (Å²) in [6.45, 7) is 3.07. The van der Waals surface area contributed by atoms with Crippen LogP contribution in [0, 0.1) is 24.0 Å². The van der Waals surface area contributed by atoms with Crippen molar-refractivity contribution in [2.24, 2.45) is 7.05 Å². The van der Waals surface area contributed by atoms with Gasteiger partial charge < -0.3 is 0 Å². The minimum atomic E-state index is -0.787. The molecule has 28 heavy (non-hydrogen) atoms. The fourth-order valence-electron chi connectivity index (χ4n) is 3.71. The third-order valence-electron chi connectivity index (χ3n) is 4.96. The second kappa shape index (κ2) is 6.51. The topological polar surface area (TPSA) is 125 Å². The molecule has 0 fully saturated rings. The molecule has 3 aromatic heterocycles. The molecule has 11 heteroatoms. The van der Waals surface area contributed by atoms with E-state index in [9.17, 15) is 19.7 Å². The van der Waals surface area contributed by atoms with E-state index in [1.807, 2.05) is 0 Å². The van der Waals surface area contributed by atoms with Crippen LogP contribution in [0.1, 0.15) is 45.3 Å². The molecule has 1 amide bonds. The Morgan fingerprint density at radius 2 is 2.00 bits per heavy atom. The average Bonchev–Trinajstić information content (AvgIpc) is 3.14. The number of aromatic nitrogens is 4. The number of amides is 1. The van der Waals surface area contributed by atoms with Gasteiger partial charge in [-0.05, 0) is 45.1 Å². The van der Waals surface area contributed by atoms with Crippen molar-refractivity contribution in [3.8, 4) is 0 Å². The monoisotopic (exact) mass is 402 g/mol. The zero-order valence-electron chi connectivity index (χ0n) is 15.6. The van der Waals surface area contributed by atoms with Crippen LogP contribution in [0.2, 0.25) is 0 Å². The predicted molar refractivity (Wildman–Crippen MR) is 104 cm³/mol. The van der Waals surface area contributed by atoms with Gasteiger partial charge in [0.2, 0.25) is 5.69 Å². The lowest BCUT2D eigenvalue weighted by molar-refractivity contribution is -0.385. The lowest BCUT2D eigenvalue weighted by Crippen LogP contribution is -2.36. The molecule has 146 valence electrons. The number of thiophene rings is 1. The van der Waals surface area contributed by atoms with E-state index in [4.69, 9.17) is 0 Å². The van der Waals surface area contributed by atoms with Gasteiger partial charge in [0.15, 0.2) is 0 Å². The first-order chi connectivity index (χ1) is 13.3. The van der Waals surface area contributed by atoms with E-state index in [0.717, 1.165) is 40.6 Å². The van der Waals surface area contributed by atoms with E-state index in [1.54, 1.807) is 6.92 Å². The van der Waals surface area contributed by atoms with E-state index in [0.29, 0.717) is 16.0 Å². The van der Waals surface area contributed by atoms with Crippen LogP contribution in [0.25, 0.3) is 10.2 Å². The second-order valence-electron chi connectivity index (χ2n) is 6.79. The Balaban J connectivity index is 1.82. The Bertz CT molecular complexity index is 1200. The van der Waals surface area contributed by atoms with Crippen molar-refractivity contribution >= 4 is 33.1 Å². The Labute approximate surface area is 162 Å². The normalized spacial score (nSPS) is 13.5. The van der Waals surface area contributed by atoms with Crippen LogP contribution >= 0.6 is 11.3 Å². The molecule has 0 aliphatic heterocycles. The summed E-state index contributed by atoms with van der Waals surface area (Å²) in [5.74, 6) is -0.476. The number of aryl methyl sites for hydroxylation is 5. The summed E-state index contributed by atoms with van der Waals surface area (Å²) in [6.07, 6.45) is 3.85. The highest BCUT2D eigenvalue weighted by Crippen LogP contribution is 2.33. The number of rotatable bonds is 3. The van der Waals surface area contributed by atoms with E-state index in [1.165, 1.54) is 30.2 Å². The Kier molecular flexibility index (Phi) is 4.26. The molecule has 10 nitrogen and oxygen atoms in total. The highest BCUT2D eigenvalue weighted by atomic mass is 32.1. The molecule has 0 saturated carbocycles. The maximum atomic E-state index is 13.1. The maximum absolute atomic E-state index is 13.1. The number of nitrogens with zero attached hydrogens (tertiary/aromatic N) is 5. The molecule has 3 aromatic rings. The fourth-order valence-corrected chi connectivity index (χ4v) is 5.01. The van der Waals surface area contributed by atoms with Gasteiger partial charge in [-0.3, -0.25) is 29.8 Å². The van der Waals surface area contributed by atoms with Gasteiger partial charge in [0.1, 0.15) is 16.3 Å². The Morgan fingerprint density at radius 3 is 2.71 bits per heavy atom. The molecule has 1 aliphatic rings. The van der Waals surface area contributed by atoms with Crippen molar-refractivity contribution in [3.05, 3.63) is 48.1 Å². The number of nitro groups is 1. The summed E-state index contributed by atoms with van der Waals surface area (Å²) < 4.78 is 2.21. The van der Waals surface area contributed by atoms with Crippen molar-refractivity contribution in [2.75, 3.05) is 5.43 Å².